The summed E-state index contributed by atoms with van der Waals surface area (Å²) in [5, 5.41) is 0. The van der Waals surface area contributed by atoms with Crippen LogP contribution in [0.25, 0.3) is 0 Å². The molecule has 0 aromatic heterocycles. The summed E-state index contributed by atoms with van der Waals surface area (Å²) in [6.07, 6.45) is 0.357. The van der Waals surface area contributed by atoms with Gasteiger partial charge in [0.15, 0.2) is 0 Å². The van der Waals surface area contributed by atoms with Crippen LogP contribution in [0.2, 0.25) is 0 Å². The number of carbonyl (C=O) groups is 2. The van der Waals surface area contributed by atoms with Gasteiger partial charge in [0.25, 0.3) is 5.91 Å². The molecule has 178 valence electrons. The molecule has 3 rings (SSSR count). The largest absolute Gasteiger partial charge is 0.273 e. The highest BCUT2D eigenvalue weighted by molar-refractivity contribution is 7.89. The van der Waals surface area contributed by atoms with Gasteiger partial charge in [-0.15, -0.1) is 0 Å². The van der Waals surface area contributed by atoms with Gasteiger partial charge in [-0.05, 0) is 54.2 Å². The zero-order valence-electron chi connectivity index (χ0n) is 18.7. The Bertz CT molecular complexity index is 1140. The maximum absolute atomic E-state index is 13.9. The molecule has 1 fully saturated rings. The summed E-state index contributed by atoms with van der Waals surface area (Å²) >= 11 is 0. The molecule has 2 aromatic rings. The monoisotopic (exact) mass is 479 g/mol. The summed E-state index contributed by atoms with van der Waals surface area (Å²) < 4.78 is 53.7. The van der Waals surface area contributed by atoms with Crippen LogP contribution in [0.4, 0.5) is 8.78 Å². The van der Waals surface area contributed by atoms with E-state index in [0.717, 1.165) is 22.0 Å². The third-order valence-electron chi connectivity index (χ3n) is 5.65. The number of piperidine rings is 1. The van der Waals surface area contributed by atoms with Crippen LogP contribution in [0, 0.1) is 17.6 Å². The number of benzene rings is 2. The normalized spacial score (nSPS) is 15.8. The standard InChI is InChI=1S/C23H27F2N3O4S/c1-23(2,3)17-6-4-15(5-7-17)21(29)26-27-22(30)16-10-12-28(13-11-16)33(31,32)20-14-18(24)8-9-19(20)25/h4-9,14,16H,10-13H2,1-3H3,(H,26,29)(H,27,30). The predicted molar refractivity (Wildman–Crippen MR) is 119 cm³/mol. The Morgan fingerprint density at radius 1 is 0.970 bits per heavy atom. The van der Waals surface area contributed by atoms with Gasteiger partial charge >= 0.3 is 0 Å². The van der Waals surface area contributed by atoms with Crippen LogP contribution in [0.5, 0.6) is 0 Å². The van der Waals surface area contributed by atoms with Gasteiger partial charge in [0.2, 0.25) is 15.9 Å². The number of rotatable bonds is 4. The van der Waals surface area contributed by atoms with E-state index in [1.807, 2.05) is 12.1 Å². The van der Waals surface area contributed by atoms with Crippen LogP contribution in [0.1, 0.15) is 49.5 Å². The summed E-state index contributed by atoms with van der Waals surface area (Å²) in [5.74, 6) is -3.33. The van der Waals surface area contributed by atoms with Gasteiger partial charge in [-0.3, -0.25) is 20.4 Å². The molecule has 1 saturated heterocycles. The molecule has 2 aromatic carbocycles. The van der Waals surface area contributed by atoms with Crippen molar-refractivity contribution >= 4 is 21.8 Å². The number of carbonyl (C=O) groups excluding carboxylic acids is 2. The molecule has 0 unspecified atom stereocenters. The Morgan fingerprint density at radius 3 is 2.15 bits per heavy atom. The Balaban J connectivity index is 1.54. The minimum atomic E-state index is -4.22. The second-order valence-electron chi connectivity index (χ2n) is 9.02. The van der Waals surface area contributed by atoms with Crippen LogP contribution in [0.15, 0.2) is 47.4 Å². The third kappa shape index (κ3) is 5.75. The van der Waals surface area contributed by atoms with Crippen molar-refractivity contribution in [2.24, 2.45) is 5.92 Å². The third-order valence-corrected chi connectivity index (χ3v) is 7.56. The van der Waals surface area contributed by atoms with Gasteiger partial charge in [0.1, 0.15) is 16.5 Å². The fraction of sp³-hybridized carbons (Fsp3) is 0.391. The lowest BCUT2D eigenvalue weighted by Gasteiger charge is -2.30. The number of hydrogen-bond acceptors (Lipinski definition) is 4. The molecule has 2 N–H and O–H groups in total. The molecule has 7 nitrogen and oxygen atoms in total. The number of hydrazine groups is 1. The zero-order chi connectivity index (χ0) is 24.4. The minimum Gasteiger partial charge on any atom is -0.273 e. The first kappa shape index (κ1) is 24.8. The summed E-state index contributed by atoms with van der Waals surface area (Å²) in [5.41, 5.74) is 6.17. The Hall–Kier alpha value is -2.85. The quantitative estimate of drug-likeness (QED) is 0.659. The maximum Gasteiger partial charge on any atom is 0.269 e. The van der Waals surface area contributed by atoms with Crippen molar-refractivity contribution in [3.63, 3.8) is 0 Å². The fourth-order valence-corrected chi connectivity index (χ4v) is 5.13. The first-order valence-electron chi connectivity index (χ1n) is 10.6. The topological polar surface area (TPSA) is 95.6 Å². The SMILES string of the molecule is CC(C)(C)c1ccc(C(=O)NNC(=O)C2CCN(S(=O)(=O)c3cc(F)ccc3F)CC2)cc1. The first-order valence-corrected chi connectivity index (χ1v) is 12.0. The van der Waals surface area contributed by atoms with Crippen molar-refractivity contribution in [1.29, 1.82) is 0 Å². The molecule has 0 saturated carbocycles. The second-order valence-corrected chi connectivity index (χ2v) is 10.9. The highest BCUT2D eigenvalue weighted by atomic mass is 32.2. The van der Waals surface area contributed by atoms with E-state index in [4.69, 9.17) is 0 Å². The van der Waals surface area contributed by atoms with Crippen molar-refractivity contribution < 1.29 is 26.8 Å². The molecule has 0 atom stereocenters. The van der Waals surface area contributed by atoms with Gasteiger partial charge < -0.3 is 0 Å². The summed E-state index contributed by atoms with van der Waals surface area (Å²) in [7, 11) is -4.22. The van der Waals surface area contributed by atoms with Gasteiger partial charge in [-0.1, -0.05) is 32.9 Å². The van der Waals surface area contributed by atoms with E-state index in [9.17, 15) is 26.8 Å². The molecule has 0 spiro atoms. The molecular formula is C23H27F2N3O4S. The molecule has 1 aliphatic heterocycles. The Labute approximate surface area is 192 Å². The first-order chi connectivity index (χ1) is 15.4. The molecule has 0 bridgehead atoms. The van der Waals surface area contributed by atoms with Crippen LogP contribution in [-0.4, -0.2) is 37.6 Å². The van der Waals surface area contributed by atoms with Crippen LogP contribution in [-0.2, 0) is 20.2 Å². The molecule has 1 heterocycles. The average Bonchev–Trinajstić information content (AvgIpc) is 2.78. The van der Waals surface area contributed by atoms with Crippen molar-refractivity contribution in [2.45, 2.75) is 43.9 Å². The van der Waals surface area contributed by atoms with Gasteiger partial charge in [0.05, 0.1) is 0 Å². The number of nitrogens with zero attached hydrogens (tertiary/aromatic N) is 1. The van der Waals surface area contributed by atoms with Crippen LogP contribution in [0.3, 0.4) is 0 Å². The summed E-state index contributed by atoms with van der Waals surface area (Å²) in [6, 6.07) is 9.32. The molecule has 10 heteroatoms. The molecular weight excluding hydrogens is 452 g/mol. The number of nitrogens with one attached hydrogen (secondary N) is 2. The zero-order valence-corrected chi connectivity index (χ0v) is 19.5. The summed E-state index contributed by atoms with van der Waals surface area (Å²) in [4.78, 5) is 24.0. The lowest BCUT2D eigenvalue weighted by molar-refractivity contribution is -0.126. The second kappa shape index (κ2) is 9.56. The molecule has 0 radical (unpaired) electrons. The van der Waals surface area contributed by atoms with Crippen LogP contribution < -0.4 is 10.9 Å². The fourth-order valence-electron chi connectivity index (χ4n) is 3.59. The maximum atomic E-state index is 13.9. The lowest BCUT2D eigenvalue weighted by atomic mass is 9.87. The van der Waals surface area contributed by atoms with E-state index < -0.39 is 44.3 Å². The molecule has 0 aliphatic carbocycles. The molecule has 2 amide bonds. The molecule has 33 heavy (non-hydrogen) atoms. The van der Waals surface area contributed by atoms with Crippen molar-refractivity contribution in [3.05, 3.63) is 65.2 Å². The highest BCUT2D eigenvalue weighted by Crippen LogP contribution is 2.26. The minimum absolute atomic E-state index is 0.0292. The number of sulfonamides is 1. The van der Waals surface area contributed by atoms with E-state index in [0.29, 0.717) is 11.6 Å². The summed E-state index contributed by atoms with van der Waals surface area (Å²) in [6.45, 7) is 6.13. The number of halogens is 2. The average molecular weight is 480 g/mol. The van der Waals surface area contributed by atoms with Gasteiger partial charge in [0, 0.05) is 24.6 Å². The smallest absolute Gasteiger partial charge is 0.269 e. The van der Waals surface area contributed by atoms with E-state index in [2.05, 4.69) is 31.6 Å². The Kier molecular flexibility index (Phi) is 7.18. The number of amides is 2. The van der Waals surface area contributed by atoms with E-state index in [1.165, 1.54) is 0 Å². The lowest BCUT2D eigenvalue weighted by Crippen LogP contribution is -2.48. The van der Waals surface area contributed by atoms with E-state index in [1.54, 1.807) is 12.1 Å². The Morgan fingerprint density at radius 2 is 1.58 bits per heavy atom. The van der Waals surface area contributed by atoms with E-state index in [-0.39, 0.29) is 31.3 Å². The van der Waals surface area contributed by atoms with Gasteiger partial charge in [-0.25, -0.2) is 17.2 Å². The van der Waals surface area contributed by atoms with E-state index >= 15 is 0 Å². The van der Waals surface area contributed by atoms with Crippen molar-refractivity contribution in [1.82, 2.24) is 15.2 Å². The molecule has 1 aliphatic rings. The van der Waals surface area contributed by atoms with Gasteiger partial charge in [-0.2, -0.15) is 4.31 Å². The van der Waals surface area contributed by atoms with Crippen molar-refractivity contribution in [2.75, 3.05) is 13.1 Å². The highest BCUT2D eigenvalue weighted by Gasteiger charge is 2.34. The number of hydrogen-bond donors (Lipinski definition) is 2. The predicted octanol–water partition coefficient (Wildman–Crippen LogP) is 3.12. The van der Waals surface area contributed by atoms with Crippen LogP contribution >= 0.6 is 0 Å². The van der Waals surface area contributed by atoms with Crippen molar-refractivity contribution in [3.8, 4) is 0 Å².